The lowest BCUT2D eigenvalue weighted by molar-refractivity contribution is 0.265. The average molecular weight is 203 g/mol. The molecule has 15 heavy (non-hydrogen) atoms. The van der Waals surface area contributed by atoms with Crippen LogP contribution in [-0.4, -0.2) is 7.05 Å². The van der Waals surface area contributed by atoms with Gasteiger partial charge in [-0.05, 0) is 31.9 Å². The Morgan fingerprint density at radius 3 is 2.73 bits per heavy atom. The zero-order valence-electron chi connectivity index (χ0n) is 9.79. The largest absolute Gasteiger partial charge is 0.313 e. The lowest BCUT2D eigenvalue weighted by Gasteiger charge is -2.29. The van der Waals surface area contributed by atoms with Gasteiger partial charge in [-0.1, -0.05) is 49.1 Å². The van der Waals surface area contributed by atoms with Gasteiger partial charge in [-0.25, -0.2) is 0 Å². The van der Waals surface area contributed by atoms with Crippen molar-refractivity contribution in [2.45, 2.75) is 38.6 Å². The Labute approximate surface area is 92.9 Å². The van der Waals surface area contributed by atoms with E-state index in [0.717, 1.165) is 5.92 Å². The molecular formula is C14H21N. The fraction of sp³-hybridized carbons (Fsp3) is 0.571. The molecule has 2 rings (SSSR count). The third kappa shape index (κ3) is 2.60. The highest BCUT2D eigenvalue weighted by atomic mass is 14.9. The van der Waals surface area contributed by atoms with Crippen LogP contribution in [0.2, 0.25) is 0 Å². The van der Waals surface area contributed by atoms with Crippen molar-refractivity contribution in [1.29, 1.82) is 0 Å². The van der Waals surface area contributed by atoms with Gasteiger partial charge in [-0.2, -0.15) is 0 Å². The van der Waals surface area contributed by atoms with E-state index in [1.807, 2.05) is 0 Å². The van der Waals surface area contributed by atoms with E-state index in [2.05, 4.69) is 43.6 Å². The van der Waals surface area contributed by atoms with Crippen LogP contribution in [0.5, 0.6) is 0 Å². The molecule has 1 saturated carbocycles. The van der Waals surface area contributed by atoms with E-state index in [-0.39, 0.29) is 0 Å². The standard InChI is InChI=1S/C14H21N/c1-11-5-3-8-13(9-11)14(15-2)10-12-6-4-7-12/h3,5,8-9,12,14-15H,4,6-7,10H2,1-2H3. The first-order valence-electron chi connectivity index (χ1n) is 6.03. The van der Waals surface area contributed by atoms with E-state index in [1.54, 1.807) is 0 Å². The molecule has 1 aliphatic carbocycles. The summed E-state index contributed by atoms with van der Waals surface area (Å²) in [6.45, 7) is 2.17. The average Bonchev–Trinajstić information content (AvgIpc) is 2.16. The molecule has 1 nitrogen and oxygen atoms in total. The van der Waals surface area contributed by atoms with Gasteiger partial charge in [0, 0.05) is 6.04 Å². The van der Waals surface area contributed by atoms with Gasteiger partial charge < -0.3 is 5.32 Å². The van der Waals surface area contributed by atoms with Crippen molar-refractivity contribution in [3.8, 4) is 0 Å². The zero-order valence-corrected chi connectivity index (χ0v) is 9.79. The maximum atomic E-state index is 3.44. The van der Waals surface area contributed by atoms with Gasteiger partial charge in [-0.15, -0.1) is 0 Å². The first kappa shape index (κ1) is 10.7. The quantitative estimate of drug-likeness (QED) is 0.790. The van der Waals surface area contributed by atoms with Gasteiger partial charge >= 0.3 is 0 Å². The molecule has 1 atom stereocenters. The fourth-order valence-electron chi connectivity index (χ4n) is 2.37. The van der Waals surface area contributed by atoms with Crippen LogP contribution in [0.25, 0.3) is 0 Å². The summed E-state index contributed by atoms with van der Waals surface area (Å²) in [6, 6.07) is 9.43. The molecule has 0 aliphatic heterocycles. The summed E-state index contributed by atoms with van der Waals surface area (Å²) in [5.74, 6) is 0.961. The molecular weight excluding hydrogens is 182 g/mol. The van der Waals surface area contributed by atoms with Crippen molar-refractivity contribution in [2.75, 3.05) is 7.05 Å². The van der Waals surface area contributed by atoms with E-state index >= 15 is 0 Å². The molecule has 1 heteroatoms. The highest BCUT2D eigenvalue weighted by Gasteiger charge is 2.22. The van der Waals surface area contributed by atoms with Crippen molar-refractivity contribution < 1.29 is 0 Å². The molecule has 1 fully saturated rings. The second-order valence-corrected chi connectivity index (χ2v) is 4.79. The number of rotatable bonds is 4. The Morgan fingerprint density at radius 2 is 2.20 bits per heavy atom. The smallest absolute Gasteiger partial charge is 0.0320 e. The second kappa shape index (κ2) is 4.80. The minimum absolute atomic E-state index is 0.551. The zero-order chi connectivity index (χ0) is 10.7. The van der Waals surface area contributed by atoms with Gasteiger partial charge in [0.1, 0.15) is 0 Å². The van der Waals surface area contributed by atoms with Crippen molar-refractivity contribution in [3.05, 3.63) is 35.4 Å². The van der Waals surface area contributed by atoms with E-state index < -0.39 is 0 Å². The SMILES string of the molecule is CNC(CC1CCC1)c1cccc(C)c1. The Morgan fingerprint density at radius 1 is 1.40 bits per heavy atom. The Bertz CT molecular complexity index is 315. The third-order valence-corrected chi connectivity index (χ3v) is 3.59. The van der Waals surface area contributed by atoms with Crippen LogP contribution >= 0.6 is 0 Å². The van der Waals surface area contributed by atoms with Gasteiger partial charge in [0.2, 0.25) is 0 Å². The van der Waals surface area contributed by atoms with Crippen molar-refractivity contribution in [1.82, 2.24) is 5.32 Å². The monoisotopic (exact) mass is 203 g/mol. The molecule has 1 aromatic rings. The highest BCUT2D eigenvalue weighted by molar-refractivity contribution is 5.25. The van der Waals surface area contributed by atoms with Crippen LogP contribution in [0.4, 0.5) is 0 Å². The van der Waals surface area contributed by atoms with E-state index in [4.69, 9.17) is 0 Å². The molecule has 1 unspecified atom stereocenters. The topological polar surface area (TPSA) is 12.0 Å². The summed E-state index contributed by atoms with van der Waals surface area (Å²) >= 11 is 0. The molecule has 1 N–H and O–H groups in total. The predicted molar refractivity (Wildman–Crippen MR) is 64.9 cm³/mol. The Kier molecular flexibility index (Phi) is 3.42. The number of benzene rings is 1. The molecule has 1 aliphatic rings. The number of aryl methyl sites for hydroxylation is 1. The van der Waals surface area contributed by atoms with Gasteiger partial charge in [0.05, 0.1) is 0 Å². The molecule has 82 valence electrons. The van der Waals surface area contributed by atoms with Crippen LogP contribution in [0.3, 0.4) is 0 Å². The Hall–Kier alpha value is -0.820. The second-order valence-electron chi connectivity index (χ2n) is 4.79. The van der Waals surface area contributed by atoms with Crippen LogP contribution in [-0.2, 0) is 0 Å². The minimum atomic E-state index is 0.551. The minimum Gasteiger partial charge on any atom is -0.313 e. The van der Waals surface area contributed by atoms with Gasteiger partial charge in [-0.3, -0.25) is 0 Å². The van der Waals surface area contributed by atoms with E-state index in [1.165, 1.54) is 36.8 Å². The summed E-state index contributed by atoms with van der Waals surface area (Å²) in [6.07, 6.45) is 5.61. The van der Waals surface area contributed by atoms with Crippen LogP contribution in [0.15, 0.2) is 24.3 Å². The molecule has 0 aromatic heterocycles. The van der Waals surface area contributed by atoms with Crippen molar-refractivity contribution in [2.24, 2.45) is 5.92 Å². The fourth-order valence-corrected chi connectivity index (χ4v) is 2.37. The highest BCUT2D eigenvalue weighted by Crippen LogP contribution is 2.34. The molecule has 1 aromatic carbocycles. The summed E-state index contributed by atoms with van der Waals surface area (Å²) in [7, 11) is 2.08. The van der Waals surface area contributed by atoms with Crippen molar-refractivity contribution in [3.63, 3.8) is 0 Å². The summed E-state index contributed by atoms with van der Waals surface area (Å²) in [5, 5.41) is 3.44. The van der Waals surface area contributed by atoms with Gasteiger partial charge in [0.25, 0.3) is 0 Å². The lowest BCUT2D eigenvalue weighted by atomic mass is 9.79. The Balaban J connectivity index is 2.04. The number of hydrogen-bond acceptors (Lipinski definition) is 1. The molecule has 0 bridgehead atoms. The molecule has 0 saturated heterocycles. The number of nitrogens with one attached hydrogen (secondary N) is 1. The normalized spacial score (nSPS) is 18.5. The summed E-state index contributed by atoms with van der Waals surface area (Å²) in [5.41, 5.74) is 2.81. The van der Waals surface area contributed by atoms with Gasteiger partial charge in [0.15, 0.2) is 0 Å². The summed E-state index contributed by atoms with van der Waals surface area (Å²) < 4.78 is 0. The maximum absolute atomic E-state index is 3.44. The van der Waals surface area contributed by atoms with Crippen LogP contribution < -0.4 is 5.32 Å². The van der Waals surface area contributed by atoms with E-state index in [9.17, 15) is 0 Å². The third-order valence-electron chi connectivity index (χ3n) is 3.59. The van der Waals surface area contributed by atoms with Crippen molar-refractivity contribution >= 4 is 0 Å². The lowest BCUT2D eigenvalue weighted by Crippen LogP contribution is -2.23. The first-order chi connectivity index (χ1) is 7.29. The maximum Gasteiger partial charge on any atom is 0.0320 e. The summed E-state index contributed by atoms with van der Waals surface area (Å²) in [4.78, 5) is 0. The predicted octanol–water partition coefficient (Wildman–Crippen LogP) is 3.45. The molecule has 0 amide bonds. The van der Waals surface area contributed by atoms with Crippen LogP contribution in [0, 0.1) is 12.8 Å². The first-order valence-corrected chi connectivity index (χ1v) is 6.03. The molecule has 0 spiro atoms. The van der Waals surface area contributed by atoms with E-state index in [0.29, 0.717) is 6.04 Å². The van der Waals surface area contributed by atoms with Crippen LogP contribution in [0.1, 0.15) is 42.9 Å². The molecule has 0 radical (unpaired) electrons. The number of hydrogen-bond donors (Lipinski definition) is 1. The molecule has 0 heterocycles.